The highest BCUT2D eigenvalue weighted by molar-refractivity contribution is 5.85. The van der Waals surface area contributed by atoms with Gasteiger partial charge in [0.1, 0.15) is 0 Å². The lowest BCUT2D eigenvalue weighted by Crippen LogP contribution is -2.42. The Balaban J connectivity index is 0. The molecule has 22 heavy (non-hydrogen) atoms. The van der Waals surface area contributed by atoms with Crippen LogP contribution in [0.3, 0.4) is 0 Å². The standard InChI is InChI=1S/C18H38N2O.ClH/c1-4-5-6-7-8-9-10-11-12-13-14-20-17(18(19)21)15-16(2)3;/h16-17,20H,4-15H2,1-3H3,(H2,19,21);1H/t17-;/m0./s1. The van der Waals surface area contributed by atoms with Gasteiger partial charge in [-0.05, 0) is 25.3 Å². The van der Waals surface area contributed by atoms with Crippen LogP contribution in [0.5, 0.6) is 0 Å². The Morgan fingerprint density at radius 3 is 1.77 bits per heavy atom. The van der Waals surface area contributed by atoms with E-state index in [9.17, 15) is 4.79 Å². The van der Waals surface area contributed by atoms with Gasteiger partial charge in [-0.2, -0.15) is 0 Å². The molecule has 1 amide bonds. The number of carbonyl (C=O) groups is 1. The van der Waals surface area contributed by atoms with Crippen molar-refractivity contribution in [3.05, 3.63) is 0 Å². The third-order valence-corrected chi connectivity index (χ3v) is 3.97. The van der Waals surface area contributed by atoms with Gasteiger partial charge in [-0.3, -0.25) is 4.79 Å². The summed E-state index contributed by atoms with van der Waals surface area (Å²) in [5.41, 5.74) is 5.41. The van der Waals surface area contributed by atoms with Crippen LogP contribution in [-0.4, -0.2) is 18.5 Å². The normalized spacial score (nSPS) is 12.2. The maximum absolute atomic E-state index is 11.3. The Bertz CT molecular complexity index is 247. The lowest BCUT2D eigenvalue weighted by Gasteiger charge is -2.17. The molecule has 3 nitrogen and oxygen atoms in total. The van der Waals surface area contributed by atoms with Gasteiger partial charge in [-0.15, -0.1) is 12.4 Å². The molecule has 0 aromatic carbocycles. The smallest absolute Gasteiger partial charge is 0.234 e. The molecule has 0 unspecified atom stereocenters. The van der Waals surface area contributed by atoms with E-state index in [-0.39, 0.29) is 24.4 Å². The van der Waals surface area contributed by atoms with Gasteiger partial charge in [0.25, 0.3) is 0 Å². The predicted molar refractivity (Wildman–Crippen MR) is 99.5 cm³/mol. The minimum Gasteiger partial charge on any atom is -0.368 e. The van der Waals surface area contributed by atoms with Crippen molar-refractivity contribution in [1.29, 1.82) is 0 Å². The van der Waals surface area contributed by atoms with Crippen molar-refractivity contribution in [2.24, 2.45) is 11.7 Å². The highest BCUT2D eigenvalue weighted by Gasteiger charge is 2.15. The molecule has 0 aliphatic heterocycles. The number of carbonyl (C=O) groups excluding carboxylic acids is 1. The van der Waals surface area contributed by atoms with E-state index in [1.165, 1.54) is 57.8 Å². The summed E-state index contributed by atoms with van der Waals surface area (Å²) in [6.07, 6.45) is 14.2. The number of nitrogens with two attached hydrogens (primary N) is 1. The first kappa shape index (κ1) is 24.0. The molecule has 0 saturated carbocycles. The van der Waals surface area contributed by atoms with Crippen LogP contribution in [0.4, 0.5) is 0 Å². The van der Waals surface area contributed by atoms with Crippen LogP contribution in [-0.2, 0) is 4.79 Å². The highest BCUT2D eigenvalue weighted by atomic mass is 35.5. The minimum absolute atomic E-state index is 0. The molecule has 0 spiro atoms. The van der Waals surface area contributed by atoms with E-state index in [2.05, 4.69) is 26.1 Å². The third kappa shape index (κ3) is 16.1. The summed E-state index contributed by atoms with van der Waals surface area (Å²) in [7, 11) is 0. The van der Waals surface area contributed by atoms with Crippen LogP contribution in [0.15, 0.2) is 0 Å². The monoisotopic (exact) mass is 334 g/mol. The quantitative estimate of drug-likeness (QED) is 0.422. The summed E-state index contributed by atoms with van der Waals surface area (Å²) in [5.74, 6) is 0.290. The Hall–Kier alpha value is -0.280. The van der Waals surface area contributed by atoms with Gasteiger partial charge in [-0.1, -0.05) is 78.6 Å². The Kier molecular flexibility index (Phi) is 18.6. The average molecular weight is 335 g/mol. The van der Waals surface area contributed by atoms with Crippen LogP contribution in [0, 0.1) is 5.92 Å². The summed E-state index contributed by atoms with van der Waals surface area (Å²) < 4.78 is 0. The second-order valence-corrected chi connectivity index (χ2v) is 6.72. The van der Waals surface area contributed by atoms with Crippen LogP contribution in [0.1, 0.15) is 91.4 Å². The number of amides is 1. The fraction of sp³-hybridized carbons (Fsp3) is 0.944. The van der Waals surface area contributed by atoms with Crippen LogP contribution in [0.25, 0.3) is 0 Å². The van der Waals surface area contributed by atoms with E-state index in [0.717, 1.165) is 19.4 Å². The van der Waals surface area contributed by atoms with E-state index < -0.39 is 0 Å². The first-order chi connectivity index (χ1) is 10.1. The van der Waals surface area contributed by atoms with Crippen molar-refractivity contribution in [3.8, 4) is 0 Å². The van der Waals surface area contributed by atoms with Crippen molar-refractivity contribution >= 4 is 18.3 Å². The van der Waals surface area contributed by atoms with E-state index >= 15 is 0 Å². The third-order valence-electron chi connectivity index (χ3n) is 3.97. The molecule has 1 atom stereocenters. The molecule has 134 valence electrons. The zero-order valence-corrected chi connectivity index (χ0v) is 15.9. The van der Waals surface area contributed by atoms with Crippen molar-refractivity contribution in [1.82, 2.24) is 5.32 Å². The maximum atomic E-state index is 11.3. The summed E-state index contributed by atoms with van der Waals surface area (Å²) in [6.45, 7) is 7.42. The second kappa shape index (κ2) is 17.1. The fourth-order valence-electron chi connectivity index (χ4n) is 2.66. The molecule has 4 heteroatoms. The summed E-state index contributed by atoms with van der Waals surface area (Å²) in [6, 6.07) is -0.149. The molecule has 0 bridgehead atoms. The van der Waals surface area contributed by atoms with Gasteiger partial charge in [0, 0.05) is 0 Å². The van der Waals surface area contributed by atoms with E-state index in [1.54, 1.807) is 0 Å². The number of hydrogen-bond donors (Lipinski definition) is 2. The number of hydrogen-bond acceptors (Lipinski definition) is 2. The van der Waals surface area contributed by atoms with Crippen molar-refractivity contribution in [3.63, 3.8) is 0 Å². The molecule has 3 N–H and O–H groups in total. The van der Waals surface area contributed by atoms with Gasteiger partial charge >= 0.3 is 0 Å². The zero-order valence-electron chi connectivity index (χ0n) is 15.0. The van der Waals surface area contributed by atoms with Gasteiger partial charge < -0.3 is 11.1 Å². The van der Waals surface area contributed by atoms with Crippen LogP contribution < -0.4 is 11.1 Å². The molecule has 0 heterocycles. The van der Waals surface area contributed by atoms with Crippen LogP contribution >= 0.6 is 12.4 Å². The van der Waals surface area contributed by atoms with Gasteiger partial charge in [-0.25, -0.2) is 0 Å². The summed E-state index contributed by atoms with van der Waals surface area (Å²) in [5, 5.41) is 3.30. The molecule has 0 fully saturated rings. The van der Waals surface area contributed by atoms with E-state index in [4.69, 9.17) is 5.73 Å². The van der Waals surface area contributed by atoms with E-state index in [0.29, 0.717) is 5.92 Å². The van der Waals surface area contributed by atoms with Gasteiger partial charge in [0.2, 0.25) is 5.91 Å². The molecule has 0 radical (unpaired) electrons. The number of unbranched alkanes of at least 4 members (excludes halogenated alkanes) is 9. The van der Waals surface area contributed by atoms with Gasteiger partial charge in [0.15, 0.2) is 0 Å². The number of rotatable bonds is 15. The Labute approximate surface area is 144 Å². The molecule has 0 aromatic rings. The SMILES string of the molecule is CCCCCCCCCCCCN[C@@H](CC(C)C)C(N)=O.Cl. The minimum atomic E-state index is -0.212. The highest BCUT2D eigenvalue weighted by Crippen LogP contribution is 2.10. The molecule has 0 aliphatic rings. The van der Waals surface area contributed by atoms with Crippen molar-refractivity contribution < 1.29 is 4.79 Å². The van der Waals surface area contributed by atoms with Crippen molar-refractivity contribution in [2.45, 2.75) is 97.4 Å². The number of halogens is 1. The predicted octanol–water partition coefficient (Wildman–Crippen LogP) is 4.82. The first-order valence-corrected chi connectivity index (χ1v) is 9.10. The maximum Gasteiger partial charge on any atom is 0.234 e. The number of primary amides is 1. The Morgan fingerprint density at radius 2 is 1.36 bits per heavy atom. The Morgan fingerprint density at radius 1 is 0.909 bits per heavy atom. The summed E-state index contributed by atoms with van der Waals surface area (Å²) >= 11 is 0. The lowest BCUT2D eigenvalue weighted by molar-refractivity contribution is -0.120. The second-order valence-electron chi connectivity index (χ2n) is 6.72. The fourth-order valence-corrected chi connectivity index (χ4v) is 2.66. The molecule has 0 rings (SSSR count). The first-order valence-electron chi connectivity index (χ1n) is 9.10. The summed E-state index contributed by atoms with van der Waals surface area (Å²) in [4.78, 5) is 11.3. The van der Waals surface area contributed by atoms with Crippen molar-refractivity contribution in [2.75, 3.05) is 6.54 Å². The molecular weight excluding hydrogens is 296 g/mol. The van der Waals surface area contributed by atoms with Crippen LogP contribution in [0.2, 0.25) is 0 Å². The van der Waals surface area contributed by atoms with E-state index in [1.807, 2.05) is 0 Å². The largest absolute Gasteiger partial charge is 0.368 e. The molecule has 0 aliphatic carbocycles. The number of nitrogens with one attached hydrogen (secondary N) is 1. The molecule has 0 saturated heterocycles. The van der Waals surface area contributed by atoms with Gasteiger partial charge in [0.05, 0.1) is 6.04 Å². The molecule has 0 aromatic heterocycles. The average Bonchev–Trinajstić information content (AvgIpc) is 2.42. The lowest BCUT2D eigenvalue weighted by atomic mass is 10.0. The zero-order chi connectivity index (χ0) is 15.9. The molecular formula is C18H39ClN2O. The topological polar surface area (TPSA) is 55.1 Å².